The average Bonchev–Trinajstić information content (AvgIpc) is 2.30. The second-order valence-electron chi connectivity index (χ2n) is 2.85. The minimum absolute atomic E-state index is 0.680. The fourth-order valence-corrected chi connectivity index (χ4v) is 1.64. The molecule has 0 aliphatic carbocycles. The van der Waals surface area contributed by atoms with Gasteiger partial charge >= 0.3 is 0 Å². The van der Waals surface area contributed by atoms with Crippen LogP contribution in [0.2, 0.25) is 5.02 Å². The summed E-state index contributed by atoms with van der Waals surface area (Å²) in [4.78, 5) is 8.39. The monoisotopic (exact) mass is 283 g/mol. The first-order chi connectivity index (χ1) is 7.31. The van der Waals surface area contributed by atoms with Crippen molar-refractivity contribution in [1.29, 1.82) is 0 Å². The van der Waals surface area contributed by atoms with Gasteiger partial charge in [0.15, 0.2) is 5.82 Å². The SMILES string of the molecule is Clc1ccc(-c2nccnc2NBr)cc1. The van der Waals surface area contributed by atoms with E-state index < -0.39 is 0 Å². The Morgan fingerprint density at radius 3 is 2.40 bits per heavy atom. The standard InChI is InChI=1S/C10H7BrClN3/c11-15-10-9(13-5-6-14-10)7-1-3-8(12)4-2-7/h1-6H,(H,14,15). The van der Waals surface area contributed by atoms with Crippen molar-refractivity contribution in [2.24, 2.45) is 0 Å². The van der Waals surface area contributed by atoms with E-state index in [4.69, 9.17) is 11.6 Å². The molecule has 0 amide bonds. The molecule has 1 N–H and O–H groups in total. The van der Waals surface area contributed by atoms with Crippen molar-refractivity contribution < 1.29 is 0 Å². The number of anilines is 1. The van der Waals surface area contributed by atoms with Crippen LogP contribution >= 0.6 is 27.7 Å². The van der Waals surface area contributed by atoms with E-state index in [1.165, 1.54) is 0 Å². The molecule has 3 nitrogen and oxygen atoms in total. The Kier molecular flexibility index (Phi) is 3.18. The third kappa shape index (κ3) is 2.27. The van der Waals surface area contributed by atoms with Crippen LogP contribution in [0, 0.1) is 0 Å². The Morgan fingerprint density at radius 1 is 1.07 bits per heavy atom. The third-order valence-electron chi connectivity index (χ3n) is 1.91. The zero-order valence-electron chi connectivity index (χ0n) is 7.61. The van der Waals surface area contributed by atoms with Gasteiger partial charge in [-0.3, -0.25) is 4.98 Å². The van der Waals surface area contributed by atoms with Crippen LogP contribution in [0.4, 0.5) is 5.82 Å². The summed E-state index contributed by atoms with van der Waals surface area (Å²) in [6.07, 6.45) is 3.28. The van der Waals surface area contributed by atoms with E-state index >= 15 is 0 Å². The molecular formula is C10H7BrClN3. The lowest BCUT2D eigenvalue weighted by atomic mass is 10.1. The fraction of sp³-hybridized carbons (Fsp3) is 0. The van der Waals surface area contributed by atoms with Gasteiger partial charge in [-0.25, -0.2) is 4.98 Å². The smallest absolute Gasteiger partial charge is 0.162 e. The molecule has 0 saturated carbocycles. The van der Waals surface area contributed by atoms with E-state index in [2.05, 4.69) is 30.5 Å². The van der Waals surface area contributed by atoms with Crippen LogP contribution in [0.15, 0.2) is 36.7 Å². The molecule has 1 heterocycles. The van der Waals surface area contributed by atoms with Gasteiger partial charge in [-0.1, -0.05) is 23.7 Å². The summed E-state index contributed by atoms with van der Waals surface area (Å²) in [5, 5.41) is 0.705. The topological polar surface area (TPSA) is 37.8 Å². The first-order valence-corrected chi connectivity index (χ1v) is 5.42. The fourth-order valence-electron chi connectivity index (χ4n) is 1.23. The zero-order chi connectivity index (χ0) is 10.7. The van der Waals surface area contributed by atoms with Crippen LogP contribution in [-0.2, 0) is 0 Å². The molecule has 1 aromatic heterocycles. The van der Waals surface area contributed by atoms with Crippen molar-refractivity contribution in [3.8, 4) is 11.3 Å². The molecule has 5 heteroatoms. The van der Waals surface area contributed by atoms with Gasteiger partial charge in [-0.2, -0.15) is 0 Å². The number of benzene rings is 1. The van der Waals surface area contributed by atoms with Crippen molar-refractivity contribution in [2.75, 3.05) is 4.34 Å². The summed E-state index contributed by atoms with van der Waals surface area (Å²) < 4.78 is 2.81. The number of nitrogens with one attached hydrogen (secondary N) is 1. The minimum atomic E-state index is 0.680. The Balaban J connectivity index is 2.49. The number of halogens is 2. The largest absolute Gasteiger partial charge is 0.305 e. The highest BCUT2D eigenvalue weighted by atomic mass is 79.9. The van der Waals surface area contributed by atoms with Crippen LogP contribution in [0.3, 0.4) is 0 Å². The summed E-state index contributed by atoms with van der Waals surface area (Å²) in [6.45, 7) is 0. The second-order valence-corrected chi connectivity index (χ2v) is 3.69. The molecule has 0 aliphatic heterocycles. The summed E-state index contributed by atoms with van der Waals surface area (Å²) in [5.74, 6) is 0.680. The molecule has 0 radical (unpaired) electrons. The van der Waals surface area contributed by atoms with E-state index in [9.17, 15) is 0 Å². The molecule has 76 valence electrons. The number of rotatable bonds is 2. The van der Waals surface area contributed by atoms with Gasteiger partial charge in [0.2, 0.25) is 0 Å². The van der Waals surface area contributed by atoms with Crippen molar-refractivity contribution in [2.45, 2.75) is 0 Å². The predicted molar refractivity (Wildman–Crippen MR) is 65.0 cm³/mol. The molecule has 0 saturated heterocycles. The van der Waals surface area contributed by atoms with E-state index in [0.717, 1.165) is 11.3 Å². The van der Waals surface area contributed by atoms with Gasteiger partial charge < -0.3 is 4.34 Å². The van der Waals surface area contributed by atoms with Gasteiger partial charge in [0.25, 0.3) is 0 Å². The van der Waals surface area contributed by atoms with Gasteiger partial charge in [-0.15, -0.1) is 0 Å². The van der Waals surface area contributed by atoms with Crippen LogP contribution in [-0.4, -0.2) is 9.97 Å². The summed E-state index contributed by atoms with van der Waals surface area (Å²) >= 11 is 8.95. The summed E-state index contributed by atoms with van der Waals surface area (Å²) in [6, 6.07) is 7.45. The molecule has 2 aromatic rings. The molecule has 15 heavy (non-hydrogen) atoms. The third-order valence-corrected chi connectivity index (χ3v) is 2.53. The highest BCUT2D eigenvalue weighted by Crippen LogP contribution is 2.25. The molecule has 0 bridgehead atoms. The zero-order valence-corrected chi connectivity index (χ0v) is 9.96. The quantitative estimate of drug-likeness (QED) is 0.858. The normalized spacial score (nSPS) is 10.0. The van der Waals surface area contributed by atoms with Crippen molar-refractivity contribution in [1.82, 2.24) is 9.97 Å². The lowest BCUT2D eigenvalue weighted by Crippen LogP contribution is -1.92. The first kappa shape index (κ1) is 10.4. The maximum Gasteiger partial charge on any atom is 0.162 e. The average molecular weight is 285 g/mol. The Bertz CT molecular complexity index is 458. The van der Waals surface area contributed by atoms with Crippen molar-refractivity contribution >= 4 is 33.6 Å². The maximum absolute atomic E-state index is 5.81. The van der Waals surface area contributed by atoms with Crippen molar-refractivity contribution in [3.05, 3.63) is 41.7 Å². The molecule has 0 unspecified atom stereocenters. The van der Waals surface area contributed by atoms with E-state index in [-0.39, 0.29) is 0 Å². The Hall–Kier alpha value is -1.13. The van der Waals surface area contributed by atoms with Crippen LogP contribution < -0.4 is 4.34 Å². The Morgan fingerprint density at radius 2 is 1.73 bits per heavy atom. The first-order valence-electron chi connectivity index (χ1n) is 4.25. The number of nitrogens with zero attached hydrogens (tertiary/aromatic N) is 2. The molecular weight excluding hydrogens is 277 g/mol. The minimum Gasteiger partial charge on any atom is -0.305 e. The number of hydrogen-bond acceptors (Lipinski definition) is 3. The summed E-state index contributed by atoms with van der Waals surface area (Å²) in [5.41, 5.74) is 1.75. The lowest BCUT2D eigenvalue weighted by Gasteiger charge is -2.05. The molecule has 2 rings (SSSR count). The predicted octanol–water partition coefficient (Wildman–Crippen LogP) is 3.52. The maximum atomic E-state index is 5.81. The molecule has 0 atom stereocenters. The summed E-state index contributed by atoms with van der Waals surface area (Å²) in [7, 11) is 0. The van der Waals surface area contributed by atoms with Crippen LogP contribution in [0.1, 0.15) is 0 Å². The van der Waals surface area contributed by atoms with E-state index in [1.807, 2.05) is 24.3 Å². The van der Waals surface area contributed by atoms with E-state index in [0.29, 0.717) is 10.8 Å². The van der Waals surface area contributed by atoms with Crippen LogP contribution in [0.5, 0.6) is 0 Å². The lowest BCUT2D eigenvalue weighted by molar-refractivity contribution is 1.22. The molecule has 0 fully saturated rings. The second kappa shape index (κ2) is 4.59. The van der Waals surface area contributed by atoms with E-state index in [1.54, 1.807) is 12.4 Å². The van der Waals surface area contributed by atoms with Crippen molar-refractivity contribution in [3.63, 3.8) is 0 Å². The number of hydrogen-bond donors (Lipinski definition) is 1. The number of aromatic nitrogens is 2. The molecule has 0 aliphatic rings. The van der Waals surface area contributed by atoms with Gasteiger partial charge in [0.05, 0.1) is 0 Å². The van der Waals surface area contributed by atoms with Gasteiger partial charge in [0.1, 0.15) is 5.69 Å². The van der Waals surface area contributed by atoms with Gasteiger partial charge in [-0.05, 0) is 12.1 Å². The highest BCUT2D eigenvalue weighted by Gasteiger charge is 2.05. The van der Waals surface area contributed by atoms with Gasteiger partial charge in [0, 0.05) is 39.1 Å². The molecule has 0 spiro atoms. The Labute approximate surface area is 101 Å². The molecule has 1 aromatic carbocycles. The van der Waals surface area contributed by atoms with Crippen LogP contribution in [0.25, 0.3) is 11.3 Å². The highest BCUT2D eigenvalue weighted by molar-refractivity contribution is 9.10.